The highest BCUT2D eigenvalue weighted by atomic mass is 16.5. The van der Waals surface area contributed by atoms with Crippen LogP contribution in [-0.4, -0.2) is 60.5 Å². The smallest absolute Gasteiger partial charge is 0.139 e. The highest BCUT2D eigenvalue weighted by molar-refractivity contribution is 5.93. The summed E-state index contributed by atoms with van der Waals surface area (Å²) in [6, 6.07) is 12.6. The molecule has 0 aliphatic carbocycles. The van der Waals surface area contributed by atoms with Gasteiger partial charge in [-0.15, -0.1) is 0 Å². The van der Waals surface area contributed by atoms with Gasteiger partial charge in [-0.05, 0) is 62.7 Å². The van der Waals surface area contributed by atoms with E-state index in [1.54, 1.807) is 0 Å². The predicted octanol–water partition coefficient (Wildman–Crippen LogP) is 4.13. The molecule has 0 spiro atoms. The average molecular weight is 395 g/mol. The van der Waals surface area contributed by atoms with Gasteiger partial charge < -0.3 is 19.4 Å². The van der Waals surface area contributed by atoms with Crippen LogP contribution in [-0.2, 0) is 4.74 Å². The fourth-order valence-corrected chi connectivity index (χ4v) is 3.77. The highest BCUT2D eigenvalue weighted by Gasteiger charge is 2.19. The molecule has 0 saturated carbocycles. The van der Waals surface area contributed by atoms with Crippen LogP contribution in [0.25, 0.3) is 22.3 Å². The molecule has 1 aliphatic heterocycles. The molecule has 3 heterocycles. The lowest BCUT2D eigenvalue weighted by Crippen LogP contribution is -2.47. The standard InChI is InChI=1S/C23H30N4O2/c1-4-28-16-26-11-13-27(14-12-26)22-9-10-24-23-20(22)15-21(25-23)18-5-7-19(8-6-18)29-17(2)3/h5-10,15,17H,4,11-14,16H2,1-3H3,(H,24,25). The number of H-pyrrole nitrogens is 1. The van der Waals surface area contributed by atoms with Crippen LogP contribution in [0.4, 0.5) is 5.69 Å². The Morgan fingerprint density at radius 2 is 1.83 bits per heavy atom. The van der Waals surface area contributed by atoms with Crippen molar-refractivity contribution in [1.29, 1.82) is 0 Å². The predicted molar refractivity (Wildman–Crippen MR) is 118 cm³/mol. The van der Waals surface area contributed by atoms with E-state index < -0.39 is 0 Å². The molecule has 1 aromatic carbocycles. The summed E-state index contributed by atoms with van der Waals surface area (Å²) in [7, 11) is 0. The molecule has 29 heavy (non-hydrogen) atoms. The van der Waals surface area contributed by atoms with Gasteiger partial charge >= 0.3 is 0 Å². The normalized spacial score (nSPS) is 15.4. The first kappa shape index (κ1) is 19.7. The molecule has 0 bridgehead atoms. The van der Waals surface area contributed by atoms with Gasteiger partial charge in [0.05, 0.1) is 12.8 Å². The van der Waals surface area contributed by atoms with Crippen LogP contribution in [0.3, 0.4) is 0 Å². The number of benzene rings is 1. The van der Waals surface area contributed by atoms with Crippen molar-refractivity contribution in [2.75, 3.05) is 44.4 Å². The zero-order valence-electron chi connectivity index (χ0n) is 17.5. The number of ether oxygens (including phenoxy) is 2. The fourth-order valence-electron chi connectivity index (χ4n) is 3.77. The molecule has 0 amide bonds. The Morgan fingerprint density at radius 1 is 1.07 bits per heavy atom. The summed E-state index contributed by atoms with van der Waals surface area (Å²) < 4.78 is 11.3. The number of pyridine rings is 1. The molecule has 1 fully saturated rings. The van der Waals surface area contributed by atoms with Crippen molar-refractivity contribution in [2.24, 2.45) is 0 Å². The van der Waals surface area contributed by atoms with E-state index in [2.05, 4.69) is 44.0 Å². The van der Waals surface area contributed by atoms with Crippen molar-refractivity contribution < 1.29 is 9.47 Å². The Kier molecular flexibility index (Phi) is 6.02. The molecule has 1 saturated heterocycles. The second-order valence-corrected chi connectivity index (χ2v) is 7.69. The maximum absolute atomic E-state index is 5.75. The summed E-state index contributed by atoms with van der Waals surface area (Å²) >= 11 is 0. The van der Waals surface area contributed by atoms with E-state index in [0.29, 0.717) is 0 Å². The topological polar surface area (TPSA) is 53.6 Å². The molecular formula is C23H30N4O2. The van der Waals surface area contributed by atoms with E-state index in [-0.39, 0.29) is 6.10 Å². The molecule has 0 atom stereocenters. The number of hydrogen-bond acceptors (Lipinski definition) is 5. The highest BCUT2D eigenvalue weighted by Crippen LogP contribution is 2.31. The Morgan fingerprint density at radius 3 is 2.52 bits per heavy atom. The quantitative estimate of drug-likeness (QED) is 0.653. The number of fused-ring (bicyclic) bond motifs is 1. The first-order valence-corrected chi connectivity index (χ1v) is 10.4. The summed E-state index contributed by atoms with van der Waals surface area (Å²) in [6.07, 6.45) is 2.07. The van der Waals surface area contributed by atoms with Gasteiger partial charge in [0.25, 0.3) is 0 Å². The third kappa shape index (κ3) is 4.54. The minimum Gasteiger partial charge on any atom is -0.491 e. The molecule has 0 radical (unpaired) electrons. The van der Waals surface area contributed by atoms with E-state index in [9.17, 15) is 0 Å². The van der Waals surface area contributed by atoms with Crippen LogP contribution in [0.1, 0.15) is 20.8 Å². The molecule has 0 unspecified atom stereocenters. The van der Waals surface area contributed by atoms with Gasteiger partial charge in [-0.2, -0.15) is 0 Å². The average Bonchev–Trinajstić information content (AvgIpc) is 3.17. The number of aromatic nitrogens is 2. The third-order valence-electron chi connectivity index (χ3n) is 5.24. The van der Waals surface area contributed by atoms with Gasteiger partial charge in [0, 0.05) is 55.8 Å². The lowest BCUT2D eigenvalue weighted by atomic mass is 10.1. The van der Waals surface area contributed by atoms with E-state index in [1.165, 1.54) is 11.1 Å². The van der Waals surface area contributed by atoms with Crippen molar-refractivity contribution in [1.82, 2.24) is 14.9 Å². The third-order valence-corrected chi connectivity index (χ3v) is 5.24. The number of piperazine rings is 1. The summed E-state index contributed by atoms with van der Waals surface area (Å²) in [5.41, 5.74) is 4.38. The first-order valence-electron chi connectivity index (χ1n) is 10.4. The molecule has 2 aromatic heterocycles. The van der Waals surface area contributed by atoms with E-state index in [1.807, 2.05) is 39.1 Å². The Labute approximate surface area is 172 Å². The van der Waals surface area contributed by atoms with Gasteiger partial charge in [0.15, 0.2) is 0 Å². The van der Waals surface area contributed by atoms with Crippen molar-refractivity contribution >= 4 is 16.7 Å². The van der Waals surface area contributed by atoms with Gasteiger partial charge in [-0.3, -0.25) is 4.90 Å². The van der Waals surface area contributed by atoms with Gasteiger partial charge in [0.2, 0.25) is 0 Å². The number of hydrogen-bond donors (Lipinski definition) is 1. The summed E-state index contributed by atoms with van der Waals surface area (Å²) in [5.74, 6) is 0.892. The lowest BCUT2D eigenvalue weighted by molar-refractivity contribution is 0.0326. The van der Waals surface area contributed by atoms with Crippen LogP contribution in [0.2, 0.25) is 0 Å². The van der Waals surface area contributed by atoms with Crippen molar-refractivity contribution in [2.45, 2.75) is 26.9 Å². The minimum atomic E-state index is 0.176. The van der Waals surface area contributed by atoms with Crippen LogP contribution < -0.4 is 9.64 Å². The van der Waals surface area contributed by atoms with E-state index >= 15 is 0 Å². The number of anilines is 1. The fraction of sp³-hybridized carbons (Fsp3) is 0.435. The molecule has 1 N–H and O–H groups in total. The van der Waals surface area contributed by atoms with Crippen molar-refractivity contribution in [3.05, 3.63) is 42.6 Å². The van der Waals surface area contributed by atoms with Crippen LogP contribution in [0.5, 0.6) is 5.75 Å². The molecule has 4 rings (SSSR count). The summed E-state index contributed by atoms with van der Waals surface area (Å²) in [4.78, 5) is 12.8. The minimum absolute atomic E-state index is 0.176. The van der Waals surface area contributed by atoms with E-state index in [0.717, 1.165) is 62.2 Å². The molecule has 6 nitrogen and oxygen atoms in total. The Hall–Kier alpha value is -2.57. The zero-order chi connectivity index (χ0) is 20.2. The summed E-state index contributed by atoms with van der Waals surface area (Å²) in [6.45, 7) is 11.6. The second kappa shape index (κ2) is 8.84. The van der Waals surface area contributed by atoms with Crippen LogP contribution >= 0.6 is 0 Å². The maximum Gasteiger partial charge on any atom is 0.139 e. The molecule has 6 heteroatoms. The zero-order valence-corrected chi connectivity index (χ0v) is 17.5. The first-order chi connectivity index (χ1) is 14.1. The Bertz CT molecular complexity index is 928. The van der Waals surface area contributed by atoms with Gasteiger partial charge in [-0.25, -0.2) is 4.98 Å². The van der Waals surface area contributed by atoms with E-state index in [4.69, 9.17) is 9.47 Å². The monoisotopic (exact) mass is 394 g/mol. The number of nitrogens with zero attached hydrogens (tertiary/aromatic N) is 3. The molecular weight excluding hydrogens is 364 g/mol. The van der Waals surface area contributed by atoms with Gasteiger partial charge in [-0.1, -0.05) is 0 Å². The van der Waals surface area contributed by atoms with Crippen LogP contribution in [0, 0.1) is 0 Å². The van der Waals surface area contributed by atoms with Crippen molar-refractivity contribution in [3.8, 4) is 17.0 Å². The summed E-state index contributed by atoms with van der Waals surface area (Å²) in [5, 5.41) is 1.17. The second-order valence-electron chi connectivity index (χ2n) is 7.69. The number of aromatic amines is 1. The van der Waals surface area contributed by atoms with Crippen molar-refractivity contribution in [3.63, 3.8) is 0 Å². The molecule has 1 aliphatic rings. The lowest BCUT2D eigenvalue weighted by Gasteiger charge is -2.36. The SMILES string of the molecule is CCOCN1CCN(c2ccnc3[nH]c(-c4ccc(OC(C)C)cc4)cc23)CC1. The largest absolute Gasteiger partial charge is 0.491 e. The van der Waals surface area contributed by atoms with Gasteiger partial charge in [0.1, 0.15) is 11.4 Å². The molecule has 154 valence electrons. The van der Waals surface area contributed by atoms with Crippen LogP contribution in [0.15, 0.2) is 42.6 Å². The number of nitrogens with one attached hydrogen (secondary N) is 1. The Balaban J connectivity index is 1.53. The number of rotatable bonds is 7. The molecule has 3 aromatic rings. The maximum atomic E-state index is 5.75.